The topological polar surface area (TPSA) is 12.0 Å². The highest BCUT2D eigenvalue weighted by molar-refractivity contribution is 5.92. The maximum Gasteiger partial charge on any atom is 0.0467 e. The van der Waals surface area contributed by atoms with Crippen LogP contribution < -0.4 is 5.32 Å². The Bertz CT molecular complexity index is 1950. The molecule has 0 bridgehead atoms. The molecule has 2 aliphatic rings. The number of hydrogen-bond acceptors (Lipinski definition) is 1. The van der Waals surface area contributed by atoms with Crippen molar-refractivity contribution in [1.29, 1.82) is 0 Å². The molecule has 0 aromatic heterocycles. The lowest BCUT2D eigenvalue weighted by molar-refractivity contribution is 0.660. The largest absolute Gasteiger partial charge is 0.355 e. The Hall–Kier alpha value is -4.88. The van der Waals surface area contributed by atoms with E-state index in [2.05, 4.69) is 159 Å². The van der Waals surface area contributed by atoms with Crippen molar-refractivity contribution < 1.29 is 0 Å². The quantitative estimate of drug-likeness (QED) is 0.241. The van der Waals surface area contributed by atoms with E-state index in [-0.39, 0.29) is 11.3 Å². The van der Waals surface area contributed by atoms with Crippen LogP contribution in [-0.2, 0) is 5.41 Å². The average Bonchev–Trinajstić information content (AvgIpc) is 3.47. The van der Waals surface area contributed by atoms with E-state index in [1.165, 1.54) is 61.2 Å². The number of rotatable bonds is 4. The van der Waals surface area contributed by atoms with Gasteiger partial charge in [0.25, 0.3) is 0 Å². The maximum atomic E-state index is 3.86. The molecule has 0 saturated carbocycles. The van der Waals surface area contributed by atoms with Crippen LogP contribution in [0.1, 0.15) is 47.6 Å². The third-order valence-corrected chi connectivity index (χ3v) is 9.17. The van der Waals surface area contributed by atoms with Gasteiger partial charge < -0.3 is 5.32 Å². The van der Waals surface area contributed by atoms with Crippen molar-refractivity contribution in [1.82, 2.24) is 0 Å². The lowest BCUT2D eigenvalue weighted by Crippen LogP contribution is -2.15. The van der Waals surface area contributed by atoms with Crippen molar-refractivity contribution in [3.63, 3.8) is 0 Å². The number of benzene rings is 6. The van der Waals surface area contributed by atoms with Crippen LogP contribution in [0.25, 0.3) is 33.4 Å². The van der Waals surface area contributed by atoms with Crippen LogP contribution in [-0.4, -0.2) is 0 Å². The summed E-state index contributed by atoms with van der Waals surface area (Å²) in [7, 11) is 0. The van der Waals surface area contributed by atoms with Gasteiger partial charge in [-0.1, -0.05) is 135 Å². The normalized spacial score (nSPS) is 15.5. The Balaban J connectivity index is 1.25. The predicted octanol–water partition coefficient (Wildman–Crippen LogP) is 10.6. The number of anilines is 2. The third kappa shape index (κ3) is 3.62. The van der Waals surface area contributed by atoms with Crippen molar-refractivity contribution in [3.05, 3.63) is 167 Å². The lowest BCUT2D eigenvalue weighted by Gasteiger charge is -2.22. The highest BCUT2D eigenvalue weighted by Crippen LogP contribution is 2.53. The molecule has 1 atom stereocenters. The second-order valence-corrected chi connectivity index (χ2v) is 11.8. The predicted molar refractivity (Wildman–Crippen MR) is 172 cm³/mol. The third-order valence-electron chi connectivity index (χ3n) is 9.17. The van der Waals surface area contributed by atoms with Crippen molar-refractivity contribution in [2.75, 3.05) is 5.32 Å². The molecule has 0 fully saturated rings. The molecule has 0 saturated heterocycles. The molecule has 41 heavy (non-hydrogen) atoms. The Morgan fingerprint density at radius 1 is 0.488 bits per heavy atom. The molecule has 0 radical (unpaired) electrons. The van der Waals surface area contributed by atoms with Crippen LogP contribution in [0.15, 0.2) is 140 Å². The summed E-state index contributed by atoms with van der Waals surface area (Å²) < 4.78 is 0. The van der Waals surface area contributed by atoms with E-state index in [0.717, 1.165) is 11.4 Å². The summed E-state index contributed by atoms with van der Waals surface area (Å²) in [5.41, 5.74) is 17.0. The molecule has 1 heteroatoms. The summed E-state index contributed by atoms with van der Waals surface area (Å²) in [6, 6.07) is 51.1. The molecule has 0 amide bonds. The van der Waals surface area contributed by atoms with Gasteiger partial charge in [-0.05, 0) is 73.8 Å². The second kappa shape index (κ2) is 9.08. The average molecular weight is 526 g/mol. The molecule has 196 valence electrons. The van der Waals surface area contributed by atoms with Crippen LogP contribution in [0.4, 0.5) is 11.4 Å². The molecule has 0 spiro atoms. The van der Waals surface area contributed by atoms with Gasteiger partial charge in [0.15, 0.2) is 0 Å². The van der Waals surface area contributed by atoms with Crippen LogP contribution >= 0.6 is 0 Å². The van der Waals surface area contributed by atoms with Gasteiger partial charge in [0.05, 0.1) is 0 Å². The zero-order valence-electron chi connectivity index (χ0n) is 23.4. The highest BCUT2D eigenvalue weighted by Gasteiger charge is 2.36. The second-order valence-electron chi connectivity index (χ2n) is 11.8. The Kier molecular flexibility index (Phi) is 5.30. The Morgan fingerprint density at radius 3 is 1.90 bits per heavy atom. The minimum absolute atomic E-state index is 0.0267. The lowest BCUT2D eigenvalue weighted by atomic mass is 9.82. The molecule has 8 rings (SSSR count). The monoisotopic (exact) mass is 525 g/mol. The van der Waals surface area contributed by atoms with E-state index in [1.54, 1.807) is 0 Å². The summed E-state index contributed by atoms with van der Waals surface area (Å²) in [5, 5.41) is 3.86. The zero-order valence-corrected chi connectivity index (χ0v) is 23.4. The van der Waals surface area contributed by atoms with Gasteiger partial charge in [-0.2, -0.15) is 0 Å². The highest BCUT2D eigenvalue weighted by atomic mass is 14.9. The van der Waals surface area contributed by atoms with Gasteiger partial charge in [-0.3, -0.25) is 0 Å². The molecule has 1 nitrogen and oxygen atoms in total. The van der Waals surface area contributed by atoms with Crippen molar-refractivity contribution in [3.8, 4) is 33.4 Å². The van der Waals surface area contributed by atoms with Gasteiger partial charge in [-0.25, -0.2) is 0 Å². The Morgan fingerprint density at radius 2 is 1.10 bits per heavy atom. The first-order valence-corrected chi connectivity index (χ1v) is 14.5. The smallest absolute Gasteiger partial charge is 0.0467 e. The summed E-state index contributed by atoms with van der Waals surface area (Å²) in [6.45, 7) is 4.68. The van der Waals surface area contributed by atoms with Gasteiger partial charge in [0.1, 0.15) is 0 Å². The minimum Gasteiger partial charge on any atom is -0.355 e. The minimum atomic E-state index is -0.0267. The molecule has 1 N–H and O–H groups in total. The van der Waals surface area contributed by atoms with Crippen molar-refractivity contribution in [2.24, 2.45) is 0 Å². The van der Waals surface area contributed by atoms with E-state index < -0.39 is 0 Å². The SMILES string of the molecule is CC1(C)c2ccccc2-c2ccc(Nc3cccc4c3-c3ccccc3C4c3ccccc3-c3ccccc3)cc21. The fourth-order valence-electron chi connectivity index (χ4n) is 7.26. The van der Waals surface area contributed by atoms with Gasteiger partial charge in [-0.15, -0.1) is 0 Å². The van der Waals surface area contributed by atoms with Crippen LogP contribution in [0.2, 0.25) is 0 Å². The van der Waals surface area contributed by atoms with E-state index in [4.69, 9.17) is 0 Å². The number of fused-ring (bicyclic) bond motifs is 6. The molecule has 6 aromatic rings. The standard InChI is InChI=1S/C40H31N/c1-40(2)35-21-11-10-16-29(35)30-24-23-27(25-36(30)40)41-37-22-12-20-34-38(32-18-8-9-19-33(32)39(34)37)31-17-7-6-15-28(31)26-13-4-3-5-14-26/h3-25,38,41H,1-2H3. The van der Waals surface area contributed by atoms with E-state index in [1.807, 2.05) is 0 Å². The molecular formula is C40H31N. The summed E-state index contributed by atoms with van der Waals surface area (Å²) in [6.07, 6.45) is 0. The summed E-state index contributed by atoms with van der Waals surface area (Å²) >= 11 is 0. The summed E-state index contributed by atoms with van der Waals surface area (Å²) in [4.78, 5) is 0. The van der Waals surface area contributed by atoms with Crippen LogP contribution in [0.5, 0.6) is 0 Å². The number of hydrogen-bond donors (Lipinski definition) is 1. The van der Waals surface area contributed by atoms with Crippen LogP contribution in [0, 0.1) is 0 Å². The summed E-state index contributed by atoms with van der Waals surface area (Å²) in [5.74, 6) is 0.174. The fourth-order valence-corrected chi connectivity index (χ4v) is 7.26. The van der Waals surface area contributed by atoms with E-state index in [9.17, 15) is 0 Å². The fraction of sp³-hybridized carbons (Fsp3) is 0.100. The van der Waals surface area contributed by atoms with Crippen molar-refractivity contribution in [2.45, 2.75) is 25.2 Å². The molecule has 2 aliphatic carbocycles. The first kappa shape index (κ1) is 24.0. The van der Waals surface area contributed by atoms with E-state index >= 15 is 0 Å². The zero-order chi connectivity index (χ0) is 27.6. The maximum absolute atomic E-state index is 3.86. The first-order valence-electron chi connectivity index (χ1n) is 14.5. The van der Waals surface area contributed by atoms with Crippen molar-refractivity contribution >= 4 is 11.4 Å². The van der Waals surface area contributed by atoms with Gasteiger partial charge in [0, 0.05) is 28.3 Å². The molecule has 6 aromatic carbocycles. The number of nitrogens with one attached hydrogen (secondary N) is 1. The molecule has 1 unspecified atom stereocenters. The van der Waals surface area contributed by atoms with E-state index in [0.29, 0.717) is 0 Å². The molecule has 0 aliphatic heterocycles. The first-order chi connectivity index (χ1) is 20.1. The molecule has 0 heterocycles. The molecular weight excluding hydrogens is 494 g/mol. The van der Waals surface area contributed by atoms with Gasteiger partial charge >= 0.3 is 0 Å². The van der Waals surface area contributed by atoms with Crippen LogP contribution in [0.3, 0.4) is 0 Å². The Labute approximate surface area is 242 Å². The van der Waals surface area contributed by atoms with Gasteiger partial charge in [0.2, 0.25) is 0 Å².